The number of rotatable bonds is 5. The summed E-state index contributed by atoms with van der Waals surface area (Å²) in [5.41, 5.74) is 0.439. The minimum Gasteiger partial charge on any atom is -0.497 e. The number of piperidine rings is 1. The first-order valence-corrected chi connectivity index (χ1v) is 8.31. The number of nitrogens with zero attached hydrogens (tertiary/aromatic N) is 3. The van der Waals surface area contributed by atoms with Gasteiger partial charge in [-0.25, -0.2) is 9.97 Å². The molecule has 0 unspecified atom stereocenters. The predicted molar refractivity (Wildman–Crippen MR) is 95.6 cm³/mol. The third-order valence-corrected chi connectivity index (χ3v) is 4.19. The Morgan fingerprint density at radius 2 is 1.68 bits per heavy atom. The first-order chi connectivity index (χ1) is 12.2. The molecule has 0 saturated carbocycles. The molecule has 3 rings (SSSR count). The molecule has 7 heteroatoms. The van der Waals surface area contributed by atoms with Crippen LogP contribution in [0.4, 0.5) is 11.6 Å². The highest BCUT2D eigenvalue weighted by Gasteiger charge is 2.15. The molecule has 2 aromatic rings. The molecule has 1 amide bonds. The number of ether oxygens (including phenoxy) is 2. The van der Waals surface area contributed by atoms with Gasteiger partial charge in [0.25, 0.3) is 5.91 Å². The molecule has 1 aliphatic rings. The van der Waals surface area contributed by atoms with E-state index in [4.69, 9.17) is 9.47 Å². The monoisotopic (exact) mass is 342 g/mol. The Labute approximate surface area is 147 Å². The summed E-state index contributed by atoms with van der Waals surface area (Å²) in [5.74, 6) is 2.15. The van der Waals surface area contributed by atoms with E-state index in [-0.39, 0.29) is 5.91 Å². The molecule has 0 radical (unpaired) electrons. The molecule has 132 valence electrons. The van der Waals surface area contributed by atoms with E-state index in [0.717, 1.165) is 31.7 Å². The van der Waals surface area contributed by atoms with Gasteiger partial charge in [0, 0.05) is 30.8 Å². The molecule has 0 atom stereocenters. The normalized spacial score (nSPS) is 14.1. The number of benzene rings is 1. The Bertz CT molecular complexity index is 723. The van der Waals surface area contributed by atoms with Crippen LogP contribution in [0.15, 0.2) is 30.6 Å². The summed E-state index contributed by atoms with van der Waals surface area (Å²) in [6.45, 7) is 1.97. The third-order valence-electron chi connectivity index (χ3n) is 4.19. The fourth-order valence-corrected chi connectivity index (χ4v) is 2.84. The van der Waals surface area contributed by atoms with Crippen LogP contribution >= 0.6 is 0 Å². The molecule has 0 aliphatic carbocycles. The lowest BCUT2D eigenvalue weighted by atomic mass is 10.1. The molecular formula is C18H22N4O3. The van der Waals surface area contributed by atoms with Gasteiger partial charge in [0.05, 0.1) is 14.2 Å². The minimum absolute atomic E-state index is 0.277. The fraction of sp³-hybridized carbons (Fsp3) is 0.389. The van der Waals surface area contributed by atoms with Crippen molar-refractivity contribution in [2.24, 2.45) is 0 Å². The van der Waals surface area contributed by atoms with E-state index < -0.39 is 0 Å². The summed E-state index contributed by atoms with van der Waals surface area (Å²) in [6.07, 6.45) is 5.05. The second kappa shape index (κ2) is 7.83. The highest BCUT2D eigenvalue weighted by atomic mass is 16.5. The number of anilines is 2. The van der Waals surface area contributed by atoms with E-state index in [1.165, 1.54) is 12.7 Å². The second-order valence-corrected chi connectivity index (χ2v) is 5.86. The quantitative estimate of drug-likeness (QED) is 0.900. The summed E-state index contributed by atoms with van der Waals surface area (Å²) in [6, 6.07) is 6.84. The minimum atomic E-state index is -0.277. The standard InChI is InChI=1S/C18H22N4O3/c1-24-14-8-13(9-15(10-14)25-2)18(23)21-16-11-17(20-12-19-16)22-6-4-3-5-7-22/h8-12H,3-7H2,1-2H3,(H,19,20,21,23). The van der Waals surface area contributed by atoms with Crippen LogP contribution < -0.4 is 19.7 Å². The average Bonchev–Trinajstić information content (AvgIpc) is 2.68. The summed E-state index contributed by atoms with van der Waals surface area (Å²) in [4.78, 5) is 23.2. The van der Waals surface area contributed by atoms with Gasteiger partial charge in [-0.1, -0.05) is 0 Å². The van der Waals surface area contributed by atoms with E-state index in [2.05, 4.69) is 20.2 Å². The lowest BCUT2D eigenvalue weighted by Crippen LogP contribution is -2.30. The molecule has 1 aromatic carbocycles. The third kappa shape index (κ3) is 4.17. The van der Waals surface area contributed by atoms with Crippen molar-refractivity contribution in [3.8, 4) is 11.5 Å². The van der Waals surface area contributed by atoms with Crippen molar-refractivity contribution in [3.05, 3.63) is 36.2 Å². The molecule has 1 N–H and O–H groups in total. The van der Waals surface area contributed by atoms with Gasteiger partial charge < -0.3 is 19.7 Å². The van der Waals surface area contributed by atoms with Crippen LogP contribution in [0.3, 0.4) is 0 Å². The molecule has 1 aromatic heterocycles. The van der Waals surface area contributed by atoms with Crippen molar-refractivity contribution in [2.75, 3.05) is 37.5 Å². The smallest absolute Gasteiger partial charge is 0.257 e. The summed E-state index contributed by atoms with van der Waals surface area (Å²) in [7, 11) is 3.09. The van der Waals surface area contributed by atoms with Gasteiger partial charge in [0.2, 0.25) is 0 Å². The highest BCUT2D eigenvalue weighted by molar-refractivity contribution is 6.04. The van der Waals surface area contributed by atoms with Crippen LogP contribution in [0.1, 0.15) is 29.6 Å². The van der Waals surface area contributed by atoms with Crippen LogP contribution in [0.5, 0.6) is 11.5 Å². The number of hydrogen-bond acceptors (Lipinski definition) is 6. The van der Waals surface area contributed by atoms with Crippen LogP contribution in [0.2, 0.25) is 0 Å². The van der Waals surface area contributed by atoms with Gasteiger partial charge in [-0.15, -0.1) is 0 Å². The largest absolute Gasteiger partial charge is 0.497 e. The van der Waals surface area contributed by atoms with E-state index in [1.54, 1.807) is 38.5 Å². The van der Waals surface area contributed by atoms with Crippen molar-refractivity contribution in [1.82, 2.24) is 9.97 Å². The van der Waals surface area contributed by atoms with Gasteiger partial charge in [0.15, 0.2) is 0 Å². The molecule has 1 aliphatic heterocycles. The van der Waals surface area contributed by atoms with Gasteiger partial charge in [-0.3, -0.25) is 4.79 Å². The molecule has 7 nitrogen and oxygen atoms in total. The Morgan fingerprint density at radius 1 is 1.00 bits per heavy atom. The Morgan fingerprint density at radius 3 is 2.32 bits per heavy atom. The second-order valence-electron chi connectivity index (χ2n) is 5.86. The number of hydrogen-bond donors (Lipinski definition) is 1. The number of methoxy groups -OCH3 is 2. The van der Waals surface area contributed by atoms with Gasteiger partial charge >= 0.3 is 0 Å². The average molecular weight is 342 g/mol. The van der Waals surface area contributed by atoms with Crippen LogP contribution in [-0.4, -0.2) is 43.2 Å². The summed E-state index contributed by atoms with van der Waals surface area (Å²) >= 11 is 0. The first kappa shape index (κ1) is 17.0. The van der Waals surface area contributed by atoms with Crippen LogP contribution in [-0.2, 0) is 0 Å². The number of amides is 1. The predicted octanol–water partition coefficient (Wildman–Crippen LogP) is 2.74. The molecular weight excluding hydrogens is 320 g/mol. The molecule has 2 heterocycles. The molecule has 25 heavy (non-hydrogen) atoms. The zero-order valence-corrected chi connectivity index (χ0v) is 14.5. The maximum atomic E-state index is 12.5. The number of aromatic nitrogens is 2. The lowest BCUT2D eigenvalue weighted by Gasteiger charge is -2.27. The number of carbonyl (C=O) groups is 1. The van der Waals surface area contributed by atoms with Gasteiger partial charge in [-0.05, 0) is 31.4 Å². The van der Waals surface area contributed by atoms with Crippen molar-refractivity contribution < 1.29 is 14.3 Å². The van der Waals surface area contributed by atoms with Crippen LogP contribution in [0, 0.1) is 0 Å². The molecule has 1 saturated heterocycles. The van der Waals surface area contributed by atoms with Gasteiger partial charge in [0.1, 0.15) is 29.5 Å². The van der Waals surface area contributed by atoms with Crippen molar-refractivity contribution in [1.29, 1.82) is 0 Å². The van der Waals surface area contributed by atoms with E-state index >= 15 is 0 Å². The number of nitrogens with one attached hydrogen (secondary N) is 1. The summed E-state index contributed by atoms with van der Waals surface area (Å²) < 4.78 is 10.4. The van der Waals surface area contributed by atoms with Crippen molar-refractivity contribution in [3.63, 3.8) is 0 Å². The van der Waals surface area contributed by atoms with Crippen LogP contribution in [0.25, 0.3) is 0 Å². The van der Waals surface area contributed by atoms with E-state index in [1.807, 2.05) is 0 Å². The van der Waals surface area contributed by atoms with Crippen molar-refractivity contribution >= 4 is 17.5 Å². The molecule has 0 spiro atoms. The maximum Gasteiger partial charge on any atom is 0.257 e. The van der Waals surface area contributed by atoms with E-state index in [9.17, 15) is 4.79 Å². The maximum absolute atomic E-state index is 12.5. The Kier molecular flexibility index (Phi) is 5.33. The summed E-state index contributed by atoms with van der Waals surface area (Å²) in [5, 5.41) is 2.81. The topological polar surface area (TPSA) is 76.6 Å². The molecule has 0 bridgehead atoms. The van der Waals surface area contributed by atoms with Gasteiger partial charge in [-0.2, -0.15) is 0 Å². The lowest BCUT2D eigenvalue weighted by molar-refractivity contribution is 0.102. The Balaban J connectivity index is 1.76. The highest BCUT2D eigenvalue weighted by Crippen LogP contribution is 2.24. The fourth-order valence-electron chi connectivity index (χ4n) is 2.84. The number of carbonyl (C=O) groups excluding carboxylic acids is 1. The zero-order chi connectivity index (χ0) is 17.6. The first-order valence-electron chi connectivity index (χ1n) is 8.31. The Hall–Kier alpha value is -2.83. The SMILES string of the molecule is COc1cc(OC)cc(C(=O)Nc2cc(N3CCCCC3)ncn2)c1. The molecule has 1 fully saturated rings. The van der Waals surface area contributed by atoms with E-state index in [0.29, 0.717) is 22.9 Å². The van der Waals surface area contributed by atoms with Crippen molar-refractivity contribution in [2.45, 2.75) is 19.3 Å². The zero-order valence-electron chi connectivity index (χ0n) is 14.5.